The van der Waals surface area contributed by atoms with Gasteiger partial charge >= 0.3 is 5.97 Å². The van der Waals surface area contributed by atoms with Crippen LogP contribution in [0.15, 0.2) is 0 Å². The molecule has 0 saturated carbocycles. The SMILES string of the molecule is CCCCCCCCC(O)C(O)CCCCCCCC(=O)O.N. The van der Waals surface area contributed by atoms with E-state index in [9.17, 15) is 15.0 Å². The molecule has 2 atom stereocenters. The molecule has 0 radical (unpaired) electrons. The van der Waals surface area contributed by atoms with Gasteiger partial charge < -0.3 is 21.5 Å². The molecule has 6 N–H and O–H groups in total. The lowest BCUT2D eigenvalue weighted by molar-refractivity contribution is -0.137. The van der Waals surface area contributed by atoms with Crippen molar-refractivity contribution in [3.8, 4) is 0 Å². The third kappa shape index (κ3) is 17.5. The molecule has 2 unspecified atom stereocenters. The van der Waals surface area contributed by atoms with E-state index < -0.39 is 18.2 Å². The van der Waals surface area contributed by atoms with Gasteiger partial charge in [0, 0.05) is 6.42 Å². The van der Waals surface area contributed by atoms with Gasteiger partial charge in [-0.05, 0) is 19.3 Å². The summed E-state index contributed by atoms with van der Waals surface area (Å²) in [5.74, 6) is -0.728. The first kappa shape index (κ1) is 24.6. The molecule has 0 saturated heterocycles. The summed E-state index contributed by atoms with van der Waals surface area (Å²) in [6.07, 6.45) is 12.2. The maximum Gasteiger partial charge on any atom is 0.303 e. The highest BCUT2D eigenvalue weighted by molar-refractivity contribution is 5.66. The van der Waals surface area contributed by atoms with Crippen LogP contribution < -0.4 is 6.15 Å². The van der Waals surface area contributed by atoms with Crippen molar-refractivity contribution in [1.82, 2.24) is 6.15 Å². The zero-order valence-corrected chi connectivity index (χ0v) is 15.0. The van der Waals surface area contributed by atoms with E-state index in [0.29, 0.717) is 12.8 Å². The number of hydrogen-bond acceptors (Lipinski definition) is 4. The summed E-state index contributed by atoms with van der Waals surface area (Å²) in [4.78, 5) is 10.4. The molecule has 5 nitrogen and oxygen atoms in total. The molecule has 0 aromatic heterocycles. The van der Waals surface area contributed by atoms with Crippen LogP contribution in [0.4, 0.5) is 0 Å². The summed E-state index contributed by atoms with van der Waals surface area (Å²) in [7, 11) is 0. The fourth-order valence-electron chi connectivity index (χ4n) is 2.68. The standard InChI is InChI=1S/C18H36O4.H3N/c1-2-3-4-5-7-10-13-16(19)17(20)14-11-8-6-9-12-15-18(21)22;/h16-17,19-20H,2-15H2,1H3,(H,21,22);1H3. The van der Waals surface area contributed by atoms with Crippen LogP contribution in [-0.2, 0) is 4.79 Å². The van der Waals surface area contributed by atoms with Crippen molar-refractivity contribution in [1.29, 1.82) is 0 Å². The molecule has 0 rings (SSSR count). The van der Waals surface area contributed by atoms with Gasteiger partial charge in [0.2, 0.25) is 0 Å². The maximum atomic E-state index is 10.4. The number of carbonyl (C=O) groups is 1. The number of unbranched alkanes of at least 4 members (excludes halogenated alkanes) is 9. The molecule has 5 heteroatoms. The quantitative estimate of drug-likeness (QED) is 0.312. The summed E-state index contributed by atoms with van der Waals surface area (Å²) >= 11 is 0. The molecule has 0 aromatic rings. The van der Waals surface area contributed by atoms with E-state index in [1.54, 1.807) is 0 Å². The van der Waals surface area contributed by atoms with E-state index in [1.807, 2.05) is 0 Å². The summed E-state index contributed by atoms with van der Waals surface area (Å²) in [5, 5.41) is 28.3. The molecule has 0 aromatic carbocycles. The summed E-state index contributed by atoms with van der Waals surface area (Å²) in [5.41, 5.74) is 0. The number of rotatable bonds is 16. The average molecular weight is 334 g/mol. The molecular weight excluding hydrogens is 294 g/mol. The normalized spacial score (nSPS) is 13.3. The Labute approximate surface area is 142 Å². The van der Waals surface area contributed by atoms with Gasteiger partial charge in [-0.1, -0.05) is 71.1 Å². The van der Waals surface area contributed by atoms with Gasteiger partial charge in [0.05, 0.1) is 12.2 Å². The lowest BCUT2D eigenvalue weighted by Crippen LogP contribution is -2.25. The fourth-order valence-corrected chi connectivity index (χ4v) is 2.68. The number of aliphatic carboxylic acids is 1. The van der Waals surface area contributed by atoms with Gasteiger partial charge in [-0.25, -0.2) is 0 Å². The van der Waals surface area contributed by atoms with Crippen molar-refractivity contribution in [2.24, 2.45) is 0 Å². The molecular formula is C18H39NO4. The molecule has 0 fully saturated rings. The van der Waals surface area contributed by atoms with E-state index >= 15 is 0 Å². The van der Waals surface area contributed by atoms with Gasteiger partial charge in [0.1, 0.15) is 0 Å². The van der Waals surface area contributed by atoms with Crippen molar-refractivity contribution in [2.45, 2.75) is 109 Å². The number of hydrogen-bond donors (Lipinski definition) is 4. The first-order valence-corrected chi connectivity index (χ1v) is 9.15. The van der Waals surface area contributed by atoms with Crippen LogP contribution >= 0.6 is 0 Å². The second-order valence-corrected chi connectivity index (χ2v) is 6.39. The Morgan fingerprint density at radius 2 is 1.13 bits per heavy atom. The Hall–Kier alpha value is -0.650. The predicted octanol–water partition coefficient (Wildman–Crippen LogP) is 4.44. The number of carboxylic acids is 1. The van der Waals surface area contributed by atoms with Crippen LogP contribution in [0, 0.1) is 0 Å². The van der Waals surface area contributed by atoms with Gasteiger partial charge in [-0.15, -0.1) is 0 Å². The monoisotopic (exact) mass is 333 g/mol. The molecule has 0 aliphatic heterocycles. The lowest BCUT2D eigenvalue weighted by Gasteiger charge is -2.17. The highest BCUT2D eigenvalue weighted by atomic mass is 16.4. The van der Waals surface area contributed by atoms with Crippen molar-refractivity contribution >= 4 is 5.97 Å². The smallest absolute Gasteiger partial charge is 0.303 e. The van der Waals surface area contributed by atoms with Crippen LogP contribution in [-0.4, -0.2) is 33.5 Å². The fraction of sp³-hybridized carbons (Fsp3) is 0.944. The molecule has 0 spiro atoms. The van der Waals surface area contributed by atoms with E-state index in [4.69, 9.17) is 5.11 Å². The van der Waals surface area contributed by atoms with E-state index in [0.717, 1.165) is 44.9 Å². The Morgan fingerprint density at radius 3 is 1.57 bits per heavy atom. The number of aliphatic hydroxyl groups is 2. The number of carboxylic acid groups (broad SMARTS) is 1. The molecule has 0 heterocycles. The first-order valence-electron chi connectivity index (χ1n) is 9.15. The van der Waals surface area contributed by atoms with Gasteiger partial charge in [-0.3, -0.25) is 4.79 Å². The third-order valence-electron chi connectivity index (χ3n) is 4.19. The molecule has 140 valence electrons. The summed E-state index contributed by atoms with van der Waals surface area (Å²) in [6, 6.07) is 0. The van der Waals surface area contributed by atoms with Crippen LogP contribution in [0.5, 0.6) is 0 Å². The minimum Gasteiger partial charge on any atom is -0.481 e. The van der Waals surface area contributed by atoms with E-state index in [2.05, 4.69) is 6.92 Å². The van der Waals surface area contributed by atoms with Crippen LogP contribution in [0.1, 0.15) is 96.8 Å². The minimum atomic E-state index is -0.728. The highest BCUT2D eigenvalue weighted by Gasteiger charge is 2.15. The molecule has 23 heavy (non-hydrogen) atoms. The van der Waals surface area contributed by atoms with Gasteiger partial charge in [0.25, 0.3) is 0 Å². The Bertz CT molecular complexity index is 261. The second kappa shape index (κ2) is 17.7. The third-order valence-corrected chi connectivity index (χ3v) is 4.19. The molecule has 0 bridgehead atoms. The van der Waals surface area contributed by atoms with Crippen molar-refractivity contribution in [3.63, 3.8) is 0 Å². The van der Waals surface area contributed by atoms with E-state index in [1.165, 1.54) is 25.7 Å². The van der Waals surface area contributed by atoms with Crippen molar-refractivity contribution < 1.29 is 20.1 Å². The Balaban J connectivity index is 0. The van der Waals surface area contributed by atoms with Crippen LogP contribution in [0.25, 0.3) is 0 Å². The maximum absolute atomic E-state index is 10.4. The second-order valence-electron chi connectivity index (χ2n) is 6.39. The Morgan fingerprint density at radius 1 is 0.739 bits per heavy atom. The predicted molar refractivity (Wildman–Crippen MR) is 95.0 cm³/mol. The zero-order valence-electron chi connectivity index (χ0n) is 15.0. The minimum absolute atomic E-state index is 0. The lowest BCUT2D eigenvalue weighted by atomic mass is 9.99. The van der Waals surface area contributed by atoms with Crippen molar-refractivity contribution in [3.05, 3.63) is 0 Å². The van der Waals surface area contributed by atoms with Gasteiger partial charge in [0.15, 0.2) is 0 Å². The molecule has 0 aliphatic carbocycles. The molecule has 0 aliphatic rings. The van der Waals surface area contributed by atoms with Gasteiger partial charge in [-0.2, -0.15) is 0 Å². The summed E-state index contributed by atoms with van der Waals surface area (Å²) in [6.45, 7) is 2.20. The molecule has 0 amide bonds. The van der Waals surface area contributed by atoms with E-state index in [-0.39, 0.29) is 12.6 Å². The average Bonchev–Trinajstić information content (AvgIpc) is 2.49. The number of aliphatic hydroxyl groups excluding tert-OH is 2. The van der Waals surface area contributed by atoms with Crippen LogP contribution in [0.2, 0.25) is 0 Å². The largest absolute Gasteiger partial charge is 0.481 e. The first-order chi connectivity index (χ1) is 10.6. The van der Waals surface area contributed by atoms with Crippen LogP contribution in [0.3, 0.4) is 0 Å². The Kier molecular flexibility index (Phi) is 18.9. The summed E-state index contributed by atoms with van der Waals surface area (Å²) < 4.78 is 0. The topological polar surface area (TPSA) is 113 Å². The van der Waals surface area contributed by atoms with Crippen molar-refractivity contribution in [2.75, 3.05) is 0 Å². The highest BCUT2D eigenvalue weighted by Crippen LogP contribution is 2.15. The zero-order chi connectivity index (χ0) is 16.6.